The highest BCUT2D eigenvalue weighted by atomic mass is 35.5. The van der Waals surface area contributed by atoms with E-state index in [2.05, 4.69) is 10.4 Å². The van der Waals surface area contributed by atoms with E-state index in [9.17, 15) is 4.79 Å². The number of halogens is 1. The number of nitrogens with zero attached hydrogens (tertiary/aromatic N) is 3. The first-order valence-corrected chi connectivity index (χ1v) is 8.65. The molecule has 2 aromatic rings. The topological polar surface area (TPSA) is 50.2 Å². The molecule has 0 radical (unpaired) electrons. The molecule has 2 amide bonds. The van der Waals surface area contributed by atoms with Gasteiger partial charge in [-0.3, -0.25) is 4.68 Å². The zero-order chi connectivity index (χ0) is 17.3. The van der Waals surface area contributed by atoms with Crippen LogP contribution in [-0.2, 0) is 13.5 Å². The van der Waals surface area contributed by atoms with Gasteiger partial charge in [-0.15, -0.1) is 0 Å². The van der Waals surface area contributed by atoms with E-state index in [0.29, 0.717) is 5.02 Å². The lowest BCUT2D eigenvalue weighted by Gasteiger charge is -2.30. The van der Waals surface area contributed by atoms with Crippen molar-refractivity contribution in [2.75, 3.05) is 7.05 Å². The predicted octanol–water partition coefficient (Wildman–Crippen LogP) is 3.85. The summed E-state index contributed by atoms with van der Waals surface area (Å²) < 4.78 is 1.91. The smallest absolute Gasteiger partial charge is 0.318 e. The van der Waals surface area contributed by atoms with Crippen molar-refractivity contribution in [1.29, 1.82) is 0 Å². The molecule has 2 atom stereocenters. The quantitative estimate of drug-likeness (QED) is 0.917. The van der Waals surface area contributed by atoms with Crippen LogP contribution in [0.15, 0.2) is 30.5 Å². The minimum absolute atomic E-state index is 0.0239. The molecule has 1 aliphatic rings. The highest BCUT2D eigenvalue weighted by Crippen LogP contribution is 2.30. The van der Waals surface area contributed by atoms with Gasteiger partial charge in [-0.05, 0) is 37.8 Å². The average Bonchev–Trinajstić information content (AvgIpc) is 2.96. The van der Waals surface area contributed by atoms with E-state index >= 15 is 0 Å². The summed E-state index contributed by atoms with van der Waals surface area (Å²) in [5, 5.41) is 8.16. The summed E-state index contributed by atoms with van der Waals surface area (Å²) in [5.41, 5.74) is 3.30. The van der Waals surface area contributed by atoms with Crippen molar-refractivity contribution in [3.05, 3.63) is 52.3 Å². The van der Waals surface area contributed by atoms with Crippen molar-refractivity contribution < 1.29 is 4.79 Å². The van der Waals surface area contributed by atoms with Gasteiger partial charge in [0, 0.05) is 30.4 Å². The van der Waals surface area contributed by atoms with Crippen LogP contribution >= 0.6 is 11.6 Å². The number of amides is 2. The molecule has 1 aliphatic carbocycles. The van der Waals surface area contributed by atoms with Crippen LogP contribution in [0.4, 0.5) is 4.79 Å². The maximum Gasteiger partial charge on any atom is 0.318 e. The Bertz CT molecular complexity index is 742. The van der Waals surface area contributed by atoms with Gasteiger partial charge in [0.1, 0.15) is 0 Å². The predicted molar refractivity (Wildman–Crippen MR) is 95.0 cm³/mol. The maximum atomic E-state index is 12.7. The Morgan fingerprint density at radius 2 is 2.21 bits per heavy atom. The number of fused-ring (bicyclic) bond motifs is 1. The molecule has 0 saturated heterocycles. The Kier molecular flexibility index (Phi) is 4.81. The molecule has 0 spiro atoms. The summed E-state index contributed by atoms with van der Waals surface area (Å²) in [6, 6.07) is 7.46. The highest BCUT2D eigenvalue weighted by Gasteiger charge is 2.27. The van der Waals surface area contributed by atoms with Gasteiger partial charge in [0.25, 0.3) is 0 Å². The van der Waals surface area contributed by atoms with Crippen LogP contribution in [0.1, 0.15) is 48.7 Å². The Hall–Kier alpha value is -2.01. The fraction of sp³-hybridized carbons (Fsp3) is 0.444. The zero-order valence-electron chi connectivity index (χ0n) is 14.3. The highest BCUT2D eigenvalue weighted by molar-refractivity contribution is 6.31. The van der Waals surface area contributed by atoms with Crippen LogP contribution in [0.3, 0.4) is 0 Å². The first-order valence-electron chi connectivity index (χ1n) is 8.27. The van der Waals surface area contributed by atoms with Gasteiger partial charge < -0.3 is 10.2 Å². The monoisotopic (exact) mass is 346 g/mol. The van der Waals surface area contributed by atoms with Crippen LogP contribution in [0, 0.1) is 0 Å². The van der Waals surface area contributed by atoms with Crippen LogP contribution < -0.4 is 5.32 Å². The van der Waals surface area contributed by atoms with Crippen LogP contribution in [0.25, 0.3) is 0 Å². The summed E-state index contributed by atoms with van der Waals surface area (Å²) in [6.45, 7) is 1.98. The van der Waals surface area contributed by atoms with Crippen molar-refractivity contribution in [3.8, 4) is 0 Å². The lowest BCUT2D eigenvalue weighted by molar-refractivity contribution is 0.189. The molecule has 0 saturated carbocycles. The number of carbonyl (C=O) groups excluding carboxylic acids is 1. The van der Waals surface area contributed by atoms with E-state index in [1.54, 1.807) is 11.9 Å². The number of benzene rings is 1. The number of hydrogen-bond donors (Lipinski definition) is 1. The summed E-state index contributed by atoms with van der Waals surface area (Å²) in [4.78, 5) is 14.4. The van der Waals surface area contributed by atoms with E-state index in [4.69, 9.17) is 11.6 Å². The molecule has 1 heterocycles. The molecule has 3 rings (SSSR count). The standard InChI is InChI=1S/C18H23ClN4O/c1-12(13-7-4-5-8-15(13)19)22(2)18(24)21-16-9-6-10-17-14(16)11-20-23(17)3/h4-5,7-8,11-12,16H,6,9-10H2,1-3H3,(H,21,24)/t12-,16-/m0/s1. The number of carbonyl (C=O) groups is 1. The summed E-state index contributed by atoms with van der Waals surface area (Å²) in [5.74, 6) is 0. The lowest BCUT2D eigenvalue weighted by atomic mass is 9.93. The largest absolute Gasteiger partial charge is 0.331 e. The fourth-order valence-electron chi connectivity index (χ4n) is 3.31. The zero-order valence-corrected chi connectivity index (χ0v) is 15.0. The Labute approximate surface area is 147 Å². The molecule has 1 aromatic heterocycles. The van der Waals surface area contributed by atoms with Crippen molar-refractivity contribution in [3.63, 3.8) is 0 Å². The number of rotatable bonds is 3. The van der Waals surface area contributed by atoms with Crippen molar-refractivity contribution >= 4 is 17.6 Å². The Morgan fingerprint density at radius 1 is 1.46 bits per heavy atom. The summed E-state index contributed by atoms with van der Waals surface area (Å²) >= 11 is 6.26. The Morgan fingerprint density at radius 3 is 2.96 bits per heavy atom. The van der Waals surface area contributed by atoms with Crippen molar-refractivity contribution in [2.45, 2.75) is 38.3 Å². The third kappa shape index (κ3) is 3.13. The summed E-state index contributed by atoms with van der Waals surface area (Å²) in [7, 11) is 3.75. The van der Waals surface area contributed by atoms with Crippen LogP contribution in [-0.4, -0.2) is 27.8 Å². The normalized spacial score (nSPS) is 17.9. The van der Waals surface area contributed by atoms with Gasteiger partial charge >= 0.3 is 6.03 Å². The molecule has 5 nitrogen and oxygen atoms in total. The van der Waals surface area contributed by atoms with Gasteiger partial charge in [0.05, 0.1) is 18.3 Å². The van der Waals surface area contributed by atoms with Gasteiger partial charge in [-0.1, -0.05) is 29.8 Å². The molecule has 0 aliphatic heterocycles. The van der Waals surface area contributed by atoms with Crippen molar-refractivity contribution in [1.82, 2.24) is 20.0 Å². The van der Waals surface area contributed by atoms with E-state index in [1.165, 1.54) is 5.69 Å². The molecule has 1 aromatic carbocycles. The second-order valence-corrected chi connectivity index (χ2v) is 6.78. The molecular formula is C18H23ClN4O. The number of aromatic nitrogens is 2. The number of nitrogens with one attached hydrogen (secondary N) is 1. The molecule has 0 unspecified atom stereocenters. The minimum Gasteiger partial charge on any atom is -0.331 e. The minimum atomic E-state index is -0.101. The molecular weight excluding hydrogens is 324 g/mol. The summed E-state index contributed by atoms with van der Waals surface area (Å²) in [6.07, 6.45) is 4.89. The molecule has 0 bridgehead atoms. The number of urea groups is 1. The van der Waals surface area contributed by atoms with E-state index in [-0.39, 0.29) is 18.1 Å². The van der Waals surface area contributed by atoms with Gasteiger partial charge in [0.2, 0.25) is 0 Å². The molecule has 24 heavy (non-hydrogen) atoms. The molecule has 0 fully saturated rings. The molecule has 1 N–H and O–H groups in total. The SMILES string of the molecule is C[C@@H](c1ccccc1Cl)N(C)C(=O)N[C@H]1CCCc2c1cnn2C. The number of aryl methyl sites for hydroxylation is 1. The first-order chi connectivity index (χ1) is 11.5. The molecule has 6 heteroatoms. The third-order valence-corrected chi connectivity index (χ3v) is 5.27. The third-order valence-electron chi connectivity index (χ3n) is 4.93. The van der Waals surface area contributed by atoms with Crippen molar-refractivity contribution in [2.24, 2.45) is 7.05 Å². The van der Waals surface area contributed by atoms with Gasteiger partial charge in [-0.25, -0.2) is 4.79 Å². The molecule has 128 valence electrons. The Balaban J connectivity index is 1.72. The van der Waals surface area contributed by atoms with Gasteiger partial charge in [-0.2, -0.15) is 5.10 Å². The van der Waals surface area contributed by atoms with Gasteiger partial charge in [0.15, 0.2) is 0 Å². The second kappa shape index (κ2) is 6.85. The van der Waals surface area contributed by atoms with Crippen LogP contribution in [0.2, 0.25) is 5.02 Å². The number of hydrogen-bond acceptors (Lipinski definition) is 2. The fourth-order valence-corrected chi connectivity index (χ4v) is 3.60. The average molecular weight is 347 g/mol. The van der Waals surface area contributed by atoms with E-state index in [1.807, 2.05) is 49.1 Å². The second-order valence-electron chi connectivity index (χ2n) is 6.37. The van der Waals surface area contributed by atoms with E-state index < -0.39 is 0 Å². The van der Waals surface area contributed by atoms with Crippen LogP contribution in [0.5, 0.6) is 0 Å². The first kappa shape index (κ1) is 16.8. The van der Waals surface area contributed by atoms with E-state index in [0.717, 1.165) is 30.4 Å². The maximum absolute atomic E-state index is 12.7. The lowest BCUT2D eigenvalue weighted by Crippen LogP contribution is -2.41.